The zero-order valence-corrected chi connectivity index (χ0v) is 22.6. The van der Waals surface area contributed by atoms with Gasteiger partial charge in [0.2, 0.25) is 0 Å². The Kier molecular flexibility index (Phi) is 16.2. The summed E-state index contributed by atoms with van der Waals surface area (Å²) in [5.74, 6) is 0. The molecule has 2 aromatic rings. The maximum absolute atomic E-state index is 3.59. The van der Waals surface area contributed by atoms with E-state index < -0.39 is 0 Å². The molecule has 0 atom stereocenters. The molecule has 3 N–H and O–H groups in total. The van der Waals surface area contributed by atoms with E-state index in [2.05, 4.69) is 81.8 Å². The first kappa shape index (κ1) is 30.7. The molecule has 0 aliphatic heterocycles. The molecule has 165 valence electrons. The van der Waals surface area contributed by atoms with Crippen LogP contribution in [-0.4, -0.2) is 26.2 Å². The van der Waals surface area contributed by atoms with Crippen molar-refractivity contribution in [1.82, 2.24) is 5.32 Å². The topological polar surface area (TPSA) is 36.1 Å². The third-order valence-electron chi connectivity index (χ3n) is 4.79. The minimum Gasteiger partial charge on any atom is -1.00 e. The molecule has 0 saturated carbocycles. The summed E-state index contributed by atoms with van der Waals surface area (Å²) in [5, 5.41) is 10.7. The molecule has 2 aromatic carbocycles. The van der Waals surface area contributed by atoms with Crippen LogP contribution in [0.3, 0.4) is 0 Å². The molecule has 2 rings (SSSR count). The van der Waals surface area contributed by atoms with Gasteiger partial charge in [-0.15, -0.1) is 0 Å². The number of anilines is 2. The molecule has 3 nitrogen and oxygen atoms in total. The molecule has 0 heterocycles. The largest absolute Gasteiger partial charge is 2.00 e. The molecule has 6 heteroatoms. The van der Waals surface area contributed by atoms with Crippen molar-refractivity contribution >= 4 is 11.4 Å². The van der Waals surface area contributed by atoms with Gasteiger partial charge < -0.3 is 49.9 Å². The van der Waals surface area contributed by atoms with E-state index in [-0.39, 0.29) is 50.7 Å². The average Bonchev–Trinajstić information content (AvgIpc) is 2.53. The van der Waals surface area contributed by atoms with Crippen molar-refractivity contribution in [2.24, 2.45) is 0 Å². The van der Waals surface area contributed by atoms with E-state index in [4.69, 9.17) is 0 Å². The second-order valence-electron chi connectivity index (χ2n) is 7.50. The van der Waals surface area contributed by atoms with Gasteiger partial charge in [-0.3, -0.25) is 0 Å². The normalized spacial score (nSPS) is 9.72. The number of rotatable bonds is 9. The van der Waals surface area contributed by atoms with Crippen molar-refractivity contribution in [2.45, 2.75) is 48.0 Å². The van der Waals surface area contributed by atoms with E-state index in [9.17, 15) is 0 Å². The summed E-state index contributed by atoms with van der Waals surface area (Å²) in [6.07, 6.45) is 1.12. The van der Waals surface area contributed by atoms with Gasteiger partial charge in [0.15, 0.2) is 0 Å². The van der Waals surface area contributed by atoms with Gasteiger partial charge in [-0.05, 0) is 76.8 Å². The van der Waals surface area contributed by atoms with Gasteiger partial charge in [0.25, 0.3) is 0 Å². The van der Waals surface area contributed by atoms with E-state index in [0.29, 0.717) is 0 Å². The van der Waals surface area contributed by atoms with Crippen molar-refractivity contribution < 1.29 is 50.7 Å². The second-order valence-corrected chi connectivity index (χ2v) is 7.50. The van der Waals surface area contributed by atoms with Crippen LogP contribution in [0, 0.1) is 41.5 Å². The fourth-order valence-corrected chi connectivity index (χ4v) is 3.75. The number of benzene rings is 2. The van der Waals surface area contributed by atoms with Crippen molar-refractivity contribution in [3.63, 3.8) is 0 Å². The Bertz CT molecular complexity index is 641. The summed E-state index contributed by atoms with van der Waals surface area (Å²) >= 11 is 0. The summed E-state index contributed by atoms with van der Waals surface area (Å²) in [5.41, 5.74) is 10.6. The van der Waals surface area contributed by atoms with Crippen molar-refractivity contribution in [3.05, 3.63) is 57.6 Å². The average molecular weight is 572 g/mol. The fourth-order valence-electron chi connectivity index (χ4n) is 3.75. The Hall–Kier alpha value is -0.534. The molecule has 0 unspecified atom stereocenters. The quantitative estimate of drug-likeness (QED) is 0.340. The van der Waals surface area contributed by atoms with Gasteiger partial charge >= 0.3 is 16.8 Å². The van der Waals surface area contributed by atoms with Crippen LogP contribution in [0.4, 0.5) is 11.4 Å². The minimum absolute atomic E-state index is 0. The maximum atomic E-state index is 3.59. The summed E-state index contributed by atoms with van der Waals surface area (Å²) in [7, 11) is 0. The molecule has 0 aliphatic carbocycles. The van der Waals surface area contributed by atoms with E-state index in [1.807, 2.05) is 0 Å². The van der Waals surface area contributed by atoms with Gasteiger partial charge in [0.1, 0.15) is 0 Å². The Labute approximate surface area is 208 Å². The van der Waals surface area contributed by atoms with E-state index in [1.54, 1.807) is 0 Å². The SMILES string of the molecule is Cc1cc(C)c(NCCCNCCNc2c(C)cc(C)cc2C)c(C)c1.[Br-].[Br-].[Co+2]. The minimum atomic E-state index is 0. The molecular formula is C23H35Br2CoN3. The summed E-state index contributed by atoms with van der Waals surface area (Å²) in [6, 6.07) is 8.97. The predicted molar refractivity (Wildman–Crippen MR) is 116 cm³/mol. The smallest absolute Gasteiger partial charge is 1.00 e. The van der Waals surface area contributed by atoms with Crippen molar-refractivity contribution in [1.29, 1.82) is 0 Å². The van der Waals surface area contributed by atoms with Crippen LogP contribution in [0.15, 0.2) is 24.3 Å². The second kappa shape index (κ2) is 15.3. The molecule has 0 aromatic heterocycles. The van der Waals surface area contributed by atoms with Gasteiger partial charge in [0, 0.05) is 31.0 Å². The standard InChI is InChI=1S/C23H35N3.2BrH.Co/c1-16-12-18(3)22(19(4)13-16)25-9-7-8-24-10-11-26-23-20(5)14-17(2)15-21(23)6;;;/h12-15,24-26H,7-11H2,1-6H3;2*1H;/q;;;+2/p-2. The number of hydrogen-bond acceptors (Lipinski definition) is 3. The monoisotopic (exact) mass is 570 g/mol. The van der Waals surface area contributed by atoms with Crippen LogP contribution >= 0.6 is 0 Å². The van der Waals surface area contributed by atoms with E-state index in [1.165, 1.54) is 44.8 Å². The zero-order valence-electron chi connectivity index (χ0n) is 18.4. The number of halogens is 2. The first-order valence-electron chi connectivity index (χ1n) is 9.72. The van der Waals surface area contributed by atoms with E-state index in [0.717, 1.165) is 32.6 Å². The first-order chi connectivity index (χ1) is 12.4. The van der Waals surface area contributed by atoms with Crippen molar-refractivity contribution in [2.75, 3.05) is 36.8 Å². The predicted octanol–water partition coefficient (Wildman–Crippen LogP) is -0.954. The van der Waals surface area contributed by atoms with Crippen LogP contribution in [0.1, 0.15) is 39.8 Å². The van der Waals surface area contributed by atoms with Gasteiger partial charge in [0.05, 0.1) is 0 Å². The summed E-state index contributed by atoms with van der Waals surface area (Å²) in [6.45, 7) is 17.0. The molecular weight excluding hydrogens is 537 g/mol. The Morgan fingerprint density at radius 3 is 1.34 bits per heavy atom. The fraction of sp³-hybridized carbons (Fsp3) is 0.478. The molecule has 0 saturated heterocycles. The molecule has 0 spiro atoms. The number of aryl methyl sites for hydroxylation is 6. The van der Waals surface area contributed by atoms with Crippen LogP contribution in [0.2, 0.25) is 0 Å². The van der Waals surface area contributed by atoms with Gasteiger partial charge in [-0.2, -0.15) is 0 Å². The zero-order chi connectivity index (χ0) is 19.1. The Morgan fingerprint density at radius 1 is 0.552 bits per heavy atom. The molecule has 0 bridgehead atoms. The Morgan fingerprint density at radius 2 is 0.931 bits per heavy atom. The van der Waals surface area contributed by atoms with Gasteiger partial charge in [-0.1, -0.05) is 35.4 Å². The van der Waals surface area contributed by atoms with Crippen molar-refractivity contribution in [3.8, 4) is 0 Å². The molecule has 0 fully saturated rings. The summed E-state index contributed by atoms with van der Waals surface area (Å²) < 4.78 is 0. The third kappa shape index (κ3) is 9.88. The molecule has 0 aliphatic rings. The van der Waals surface area contributed by atoms with Gasteiger partial charge in [-0.25, -0.2) is 0 Å². The first-order valence-corrected chi connectivity index (χ1v) is 9.72. The van der Waals surface area contributed by atoms with Crippen LogP contribution < -0.4 is 49.9 Å². The maximum Gasteiger partial charge on any atom is 2.00 e. The third-order valence-corrected chi connectivity index (χ3v) is 4.79. The van der Waals surface area contributed by atoms with E-state index >= 15 is 0 Å². The van der Waals surface area contributed by atoms with Crippen LogP contribution in [0.5, 0.6) is 0 Å². The number of nitrogens with one attached hydrogen (secondary N) is 3. The molecule has 29 heavy (non-hydrogen) atoms. The summed E-state index contributed by atoms with van der Waals surface area (Å²) in [4.78, 5) is 0. The molecule has 0 amide bonds. The van der Waals surface area contributed by atoms with Crippen LogP contribution in [-0.2, 0) is 16.8 Å². The Balaban J connectivity index is 0. The van der Waals surface area contributed by atoms with Crippen LogP contribution in [0.25, 0.3) is 0 Å². The number of hydrogen-bond donors (Lipinski definition) is 3. The molecule has 1 radical (unpaired) electrons.